The Morgan fingerprint density at radius 1 is 1.10 bits per heavy atom. The van der Waals surface area contributed by atoms with Gasteiger partial charge in [-0.15, -0.1) is 11.8 Å². The van der Waals surface area contributed by atoms with Crippen molar-refractivity contribution >= 4 is 17.8 Å². The third kappa shape index (κ3) is 2.95. The van der Waals surface area contributed by atoms with E-state index in [-0.39, 0.29) is 6.03 Å². The van der Waals surface area contributed by atoms with Crippen molar-refractivity contribution < 1.29 is 4.79 Å². The summed E-state index contributed by atoms with van der Waals surface area (Å²) in [5.41, 5.74) is 2.58. The molecule has 2 heterocycles. The number of rotatable bonds is 0. The Balaban J connectivity index is 1.75. The number of piperidine rings is 1. The molecule has 0 N–H and O–H groups in total. The summed E-state index contributed by atoms with van der Waals surface area (Å²) in [5, 5.41) is 0. The van der Waals surface area contributed by atoms with Crippen molar-refractivity contribution in [1.29, 1.82) is 0 Å². The SMILES string of the molecule is Cc1ccc2c(c1)CN(C(=O)N1CCCCC1)CCS2. The topological polar surface area (TPSA) is 23.6 Å². The maximum Gasteiger partial charge on any atom is 0.320 e. The summed E-state index contributed by atoms with van der Waals surface area (Å²) >= 11 is 1.87. The normalized spacial score (nSPS) is 19.4. The minimum absolute atomic E-state index is 0.236. The second-order valence-electron chi connectivity index (χ2n) is 5.71. The van der Waals surface area contributed by atoms with Crippen molar-refractivity contribution in [3.05, 3.63) is 29.3 Å². The fraction of sp³-hybridized carbons (Fsp3) is 0.562. The highest BCUT2D eigenvalue weighted by Gasteiger charge is 2.24. The highest BCUT2D eigenvalue weighted by atomic mass is 32.2. The lowest BCUT2D eigenvalue weighted by Gasteiger charge is -2.32. The molecule has 0 aliphatic carbocycles. The third-order valence-corrected chi connectivity index (χ3v) is 5.19. The molecule has 1 aromatic rings. The molecule has 0 atom stereocenters. The summed E-state index contributed by atoms with van der Waals surface area (Å²) in [5.74, 6) is 0.996. The molecule has 1 fully saturated rings. The smallest absolute Gasteiger partial charge is 0.320 e. The Labute approximate surface area is 125 Å². The highest BCUT2D eigenvalue weighted by Crippen LogP contribution is 2.28. The van der Waals surface area contributed by atoms with Crippen LogP contribution in [0.15, 0.2) is 23.1 Å². The summed E-state index contributed by atoms with van der Waals surface area (Å²) in [6.07, 6.45) is 3.58. The number of amides is 2. The van der Waals surface area contributed by atoms with E-state index in [1.165, 1.54) is 22.4 Å². The quantitative estimate of drug-likeness (QED) is 0.730. The van der Waals surface area contributed by atoms with E-state index < -0.39 is 0 Å². The number of hydrogen-bond donors (Lipinski definition) is 0. The number of carbonyl (C=O) groups excluding carboxylic acids is 1. The molecule has 108 valence electrons. The minimum atomic E-state index is 0.236. The lowest BCUT2D eigenvalue weighted by atomic mass is 10.1. The van der Waals surface area contributed by atoms with E-state index in [1.807, 2.05) is 21.6 Å². The van der Waals surface area contributed by atoms with Crippen molar-refractivity contribution in [1.82, 2.24) is 9.80 Å². The fourth-order valence-electron chi connectivity index (χ4n) is 2.97. The van der Waals surface area contributed by atoms with E-state index in [1.54, 1.807) is 0 Å². The van der Waals surface area contributed by atoms with Crippen LogP contribution in [0.3, 0.4) is 0 Å². The van der Waals surface area contributed by atoms with Gasteiger partial charge in [0.25, 0.3) is 0 Å². The Kier molecular flexibility index (Phi) is 4.20. The molecule has 2 aliphatic rings. The van der Waals surface area contributed by atoms with E-state index in [0.717, 1.165) is 44.8 Å². The van der Waals surface area contributed by atoms with E-state index in [9.17, 15) is 4.79 Å². The molecule has 2 aliphatic heterocycles. The van der Waals surface area contributed by atoms with Gasteiger partial charge in [0.1, 0.15) is 0 Å². The number of aryl methyl sites for hydroxylation is 1. The number of thioether (sulfide) groups is 1. The molecule has 0 saturated carbocycles. The maximum absolute atomic E-state index is 12.6. The van der Waals surface area contributed by atoms with E-state index in [2.05, 4.69) is 25.1 Å². The molecule has 0 radical (unpaired) electrons. The first kappa shape index (κ1) is 13.8. The first-order valence-corrected chi connectivity index (χ1v) is 8.49. The lowest BCUT2D eigenvalue weighted by Crippen LogP contribution is -2.45. The van der Waals surface area contributed by atoms with Crippen LogP contribution in [0.2, 0.25) is 0 Å². The van der Waals surface area contributed by atoms with Crippen LogP contribution < -0.4 is 0 Å². The number of benzene rings is 1. The van der Waals surface area contributed by atoms with Crippen molar-refractivity contribution in [3.63, 3.8) is 0 Å². The van der Waals surface area contributed by atoms with Gasteiger partial charge < -0.3 is 9.80 Å². The van der Waals surface area contributed by atoms with Gasteiger partial charge in [-0.3, -0.25) is 0 Å². The molecule has 1 aromatic carbocycles. The molecular formula is C16H22N2OS. The van der Waals surface area contributed by atoms with Crippen LogP contribution in [0.4, 0.5) is 4.79 Å². The molecule has 0 bridgehead atoms. The van der Waals surface area contributed by atoms with E-state index in [0.29, 0.717) is 0 Å². The first-order chi connectivity index (χ1) is 9.74. The Morgan fingerprint density at radius 3 is 2.70 bits per heavy atom. The average molecular weight is 290 g/mol. The van der Waals surface area contributed by atoms with Crippen LogP contribution in [0, 0.1) is 6.92 Å². The number of carbonyl (C=O) groups is 1. The van der Waals surface area contributed by atoms with Gasteiger partial charge in [-0.05, 0) is 37.8 Å². The summed E-state index contributed by atoms with van der Waals surface area (Å²) in [6, 6.07) is 6.82. The van der Waals surface area contributed by atoms with Crippen LogP contribution in [-0.4, -0.2) is 41.2 Å². The maximum atomic E-state index is 12.6. The second-order valence-corrected chi connectivity index (χ2v) is 6.85. The van der Waals surface area contributed by atoms with Crippen molar-refractivity contribution in [2.75, 3.05) is 25.4 Å². The summed E-state index contributed by atoms with van der Waals surface area (Å²) in [7, 11) is 0. The van der Waals surface area contributed by atoms with E-state index >= 15 is 0 Å². The largest absolute Gasteiger partial charge is 0.325 e. The lowest BCUT2D eigenvalue weighted by molar-refractivity contribution is 0.143. The van der Waals surface area contributed by atoms with Crippen LogP contribution in [-0.2, 0) is 6.54 Å². The molecule has 20 heavy (non-hydrogen) atoms. The number of fused-ring (bicyclic) bond motifs is 1. The standard InChI is InChI=1S/C16H22N2OS/c1-13-5-6-15-14(11-13)12-18(9-10-20-15)16(19)17-7-3-2-4-8-17/h5-6,11H,2-4,7-10,12H2,1H3. The molecular weight excluding hydrogens is 268 g/mol. The Bertz CT molecular complexity index is 497. The number of hydrogen-bond acceptors (Lipinski definition) is 2. The molecule has 4 heteroatoms. The fourth-order valence-corrected chi connectivity index (χ4v) is 3.98. The first-order valence-electron chi connectivity index (χ1n) is 7.50. The monoisotopic (exact) mass is 290 g/mol. The van der Waals surface area contributed by atoms with Gasteiger partial charge in [-0.1, -0.05) is 17.7 Å². The molecule has 2 amide bonds. The molecule has 3 rings (SSSR count). The van der Waals surface area contributed by atoms with Gasteiger partial charge in [-0.2, -0.15) is 0 Å². The number of likely N-dealkylation sites (tertiary alicyclic amines) is 1. The van der Waals surface area contributed by atoms with Gasteiger partial charge >= 0.3 is 6.03 Å². The second kappa shape index (κ2) is 6.08. The summed E-state index contributed by atoms with van der Waals surface area (Å²) in [6.45, 7) is 5.60. The van der Waals surface area contributed by atoms with Crippen LogP contribution in [0.5, 0.6) is 0 Å². The third-order valence-electron chi connectivity index (χ3n) is 4.09. The summed E-state index contributed by atoms with van der Waals surface area (Å²) < 4.78 is 0. The highest BCUT2D eigenvalue weighted by molar-refractivity contribution is 7.99. The molecule has 0 spiro atoms. The number of nitrogens with zero attached hydrogens (tertiary/aromatic N) is 2. The molecule has 1 saturated heterocycles. The van der Waals surface area contributed by atoms with Gasteiger partial charge in [0, 0.05) is 36.8 Å². The molecule has 0 unspecified atom stereocenters. The predicted octanol–water partition coefficient (Wildman–Crippen LogP) is 3.51. The number of urea groups is 1. The average Bonchev–Trinajstić information content (AvgIpc) is 2.69. The van der Waals surface area contributed by atoms with Gasteiger partial charge in [0.2, 0.25) is 0 Å². The van der Waals surface area contributed by atoms with E-state index in [4.69, 9.17) is 0 Å². The van der Waals surface area contributed by atoms with Gasteiger partial charge in [0.05, 0.1) is 0 Å². The zero-order chi connectivity index (χ0) is 13.9. The predicted molar refractivity (Wildman–Crippen MR) is 83.1 cm³/mol. The van der Waals surface area contributed by atoms with Crippen LogP contribution in [0.25, 0.3) is 0 Å². The zero-order valence-electron chi connectivity index (χ0n) is 12.1. The van der Waals surface area contributed by atoms with Crippen LogP contribution in [0.1, 0.15) is 30.4 Å². The van der Waals surface area contributed by atoms with Gasteiger partial charge in [0.15, 0.2) is 0 Å². The Hall–Kier alpha value is -1.16. The minimum Gasteiger partial charge on any atom is -0.325 e. The molecule has 3 nitrogen and oxygen atoms in total. The van der Waals surface area contributed by atoms with Crippen molar-refractivity contribution in [2.24, 2.45) is 0 Å². The summed E-state index contributed by atoms with van der Waals surface area (Å²) in [4.78, 5) is 18.0. The van der Waals surface area contributed by atoms with Crippen LogP contribution >= 0.6 is 11.8 Å². The van der Waals surface area contributed by atoms with Crippen molar-refractivity contribution in [2.45, 2.75) is 37.6 Å². The molecule has 0 aromatic heterocycles. The van der Waals surface area contributed by atoms with Crippen molar-refractivity contribution in [3.8, 4) is 0 Å². The van der Waals surface area contributed by atoms with Gasteiger partial charge in [-0.25, -0.2) is 4.79 Å². The Morgan fingerprint density at radius 2 is 1.90 bits per heavy atom. The zero-order valence-corrected chi connectivity index (χ0v) is 12.9.